The Labute approximate surface area is 173 Å². The van der Waals surface area contributed by atoms with Crippen LogP contribution in [0, 0.1) is 10.1 Å². The Hall–Kier alpha value is -3.75. The summed E-state index contributed by atoms with van der Waals surface area (Å²) in [7, 11) is 0. The number of aryl methyl sites for hydroxylation is 1. The van der Waals surface area contributed by atoms with Gasteiger partial charge in [-0.1, -0.05) is 37.3 Å². The number of nitrogens with one attached hydrogen (secondary N) is 2. The van der Waals surface area contributed by atoms with Gasteiger partial charge in [0.1, 0.15) is 6.54 Å². The van der Waals surface area contributed by atoms with Gasteiger partial charge in [0.15, 0.2) is 6.61 Å². The number of carbonyl (C=O) groups excluding carboxylic acids is 3. The van der Waals surface area contributed by atoms with E-state index in [4.69, 9.17) is 4.74 Å². The Morgan fingerprint density at radius 1 is 1.13 bits per heavy atom. The van der Waals surface area contributed by atoms with Crippen LogP contribution in [-0.2, 0) is 20.7 Å². The fourth-order valence-electron chi connectivity index (χ4n) is 2.62. The number of amides is 2. The molecule has 0 saturated carbocycles. The zero-order valence-electron chi connectivity index (χ0n) is 16.7. The summed E-state index contributed by atoms with van der Waals surface area (Å²) >= 11 is 0. The van der Waals surface area contributed by atoms with Crippen molar-refractivity contribution in [2.24, 2.45) is 0 Å². The van der Waals surface area contributed by atoms with E-state index in [0.717, 1.165) is 18.1 Å². The van der Waals surface area contributed by atoms with Crippen LogP contribution in [0.1, 0.15) is 41.4 Å². The molecule has 9 nitrogen and oxygen atoms in total. The van der Waals surface area contributed by atoms with Crippen LogP contribution in [0.3, 0.4) is 0 Å². The minimum atomic E-state index is -0.802. The molecule has 0 aliphatic rings. The van der Waals surface area contributed by atoms with Crippen molar-refractivity contribution >= 4 is 23.5 Å². The SMILES string of the molecule is CCc1ccc([C@@H](C)NC(=O)COC(=O)CNC(=O)c2cccc([N+](=O)[O-])c2)cc1. The van der Waals surface area contributed by atoms with Crippen molar-refractivity contribution in [1.82, 2.24) is 10.6 Å². The van der Waals surface area contributed by atoms with Crippen molar-refractivity contribution in [2.75, 3.05) is 13.2 Å². The summed E-state index contributed by atoms with van der Waals surface area (Å²) in [5.74, 6) is -1.94. The third-order valence-corrected chi connectivity index (χ3v) is 4.34. The lowest BCUT2D eigenvalue weighted by Crippen LogP contribution is -2.34. The largest absolute Gasteiger partial charge is 0.454 e. The minimum Gasteiger partial charge on any atom is -0.454 e. The first-order chi connectivity index (χ1) is 14.3. The molecule has 0 radical (unpaired) electrons. The summed E-state index contributed by atoms with van der Waals surface area (Å²) < 4.78 is 4.85. The topological polar surface area (TPSA) is 128 Å². The molecule has 2 N–H and O–H groups in total. The molecule has 2 aromatic rings. The molecule has 30 heavy (non-hydrogen) atoms. The number of hydrogen-bond acceptors (Lipinski definition) is 6. The van der Waals surface area contributed by atoms with Gasteiger partial charge in [-0.3, -0.25) is 24.5 Å². The molecule has 0 aromatic heterocycles. The Morgan fingerprint density at radius 2 is 1.83 bits per heavy atom. The first-order valence-electron chi connectivity index (χ1n) is 9.36. The summed E-state index contributed by atoms with van der Waals surface area (Å²) in [5.41, 5.74) is 1.92. The van der Waals surface area contributed by atoms with Crippen molar-refractivity contribution in [3.05, 3.63) is 75.3 Å². The van der Waals surface area contributed by atoms with Gasteiger partial charge in [0.25, 0.3) is 17.5 Å². The predicted octanol–water partition coefficient (Wildman–Crippen LogP) is 2.31. The molecule has 0 heterocycles. The Kier molecular flexibility index (Phi) is 8.04. The lowest BCUT2D eigenvalue weighted by atomic mass is 10.1. The van der Waals surface area contributed by atoms with Gasteiger partial charge in [0.05, 0.1) is 11.0 Å². The van der Waals surface area contributed by atoms with E-state index in [1.807, 2.05) is 31.2 Å². The average Bonchev–Trinajstić information content (AvgIpc) is 2.76. The molecule has 0 saturated heterocycles. The van der Waals surface area contributed by atoms with Gasteiger partial charge in [-0.25, -0.2) is 0 Å². The van der Waals surface area contributed by atoms with E-state index in [-0.39, 0.29) is 17.3 Å². The standard InChI is InChI=1S/C21H23N3O6/c1-3-15-7-9-16(10-8-15)14(2)23-19(25)13-30-20(26)12-22-21(27)17-5-4-6-18(11-17)24(28)29/h4-11,14H,3,12-13H2,1-2H3,(H,22,27)(H,23,25)/t14-/m1/s1. The van der Waals surface area contributed by atoms with Gasteiger partial charge in [-0.05, 0) is 30.5 Å². The van der Waals surface area contributed by atoms with E-state index < -0.39 is 35.9 Å². The van der Waals surface area contributed by atoms with Crippen molar-refractivity contribution in [3.8, 4) is 0 Å². The second-order valence-electron chi connectivity index (χ2n) is 6.54. The van der Waals surface area contributed by atoms with Crippen molar-refractivity contribution in [1.29, 1.82) is 0 Å². The van der Waals surface area contributed by atoms with Crippen molar-refractivity contribution in [2.45, 2.75) is 26.3 Å². The number of benzene rings is 2. The third-order valence-electron chi connectivity index (χ3n) is 4.34. The molecule has 0 bridgehead atoms. The third kappa shape index (κ3) is 6.69. The molecular formula is C21H23N3O6. The van der Waals surface area contributed by atoms with Crippen LogP contribution < -0.4 is 10.6 Å². The zero-order chi connectivity index (χ0) is 22.1. The van der Waals surface area contributed by atoms with Crippen LogP contribution in [0.15, 0.2) is 48.5 Å². The molecule has 1 atom stereocenters. The van der Waals surface area contributed by atoms with Gasteiger partial charge < -0.3 is 15.4 Å². The summed E-state index contributed by atoms with van der Waals surface area (Å²) in [6.07, 6.45) is 0.925. The molecule has 0 aliphatic carbocycles. The van der Waals surface area contributed by atoms with E-state index in [2.05, 4.69) is 17.6 Å². The zero-order valence-corrected chi connectivity index (χ0v) is 16.7. The number of hydrogen-bond donors (Lipinski definition) is 2. The Balaban J connectivity index is 1.75. The summed E-state index contributed by atoms with van der Waals surface area (Å²) in [5, 5.41) is 15.8. The molecule has 0 spiro atoms. The maximum atomic E-state index is 12.0. The normalized spacial score (nSPS) is 11.3. The van der Waals surface area contributed by atoms with Gasteiger partial charge in [-0.2, -0.15) is 0 Å². The molecule has 9 heteroatoms. The highest BCUT2D eigenvalue weighted by Gasteiger charge is 2.15. The summed E-state index contributed by atoms with van der Waals surface area (Å²) in [6.45, 7) is 2.92. The lowest BCUT2D eigenvalue weighted by Gasteiger charge is -2.15. The van der Waals surface area contributed by atoms with Crippen molar-refractivity contribution in [3.63, 3.8) is 0 Å². The van der Waals surface area contributed by atoms with Crippen LogP contribution in [-0.4, -0.2) is 35.9 Å². The fourth-order valence-corrected chi connectivity index (χ4v) is 2.62. The Morgan fingerprint density at radius 3 is 2.47 bits per heavy atom. The Bertz CT molecular complexity index is 927. The number of carbonyl (C=O) groups is 3. The maximum Gasteiger partial charge on any atom is 0.325 e. The highest BCUT2D eigenvalue weighted by Crippen LogP contribution is 2.14. The molecule has 158 valence electrons. The van der Waals surface area contributed by atoms with Crippen molar-refractivity contribution < 1.29 is 24.0 Å². The summed E-state index contributed by atoms with van der Waals surface area (Å²) in [6, 6.07) is 12.7. The number of ether oxygens (including phenoxy) is 1. The quantitative estimate of drug-likeness (QED) is 0.369. The van der Waals surface area contributed by atoms with Crippen LogP contribution in [0.5, 0.6) is 0 Å². The van der Waals surface area contributed by atoms with Gasteiger partial charge in [-0.15, -0.1) is 0 Å². The van der Waals surface area contributed by atoms with E-state index >= 15 is 0 Å². The maximum absolute atomic E-state index is 12.0. The molecule has 2 amide bonds. The monoisotopic (exact) mass is 413 g/mol. The van der Waals surface area contributed by atoms with E-state index in [0.29, 0.717) is 0 Å². The number of rotatable bonds is 9. The van der Waals surface area contributed by atoms with E-state index in [1.165, 1.54) is 23.8 Å². The van der Waals surface area contributed by atoms with Gasteiger partial charge in [0.2, 0.25) is 0 Å². The molecular weight excluding hydrogens is 390 g/mol. The smallest absolute Gasteiger partial charge is 0.325 e. The first kappa shape index (κ1) is 22.5. The number of nitro benzene ring substituents is 1. The second kappa shape index (κ2) is 10.7. The average molecular weight is 413 g/mol. The van der Waals surface area contributed by atoms with Crippen LogP contribution in [0.4, 0.5) is 5.69 Å². The first-order valence-corrected chi connectivity index (χ1v) is 9.36. The number of nitro groups is 1. The van der Waals surface area contributed by atoms with E-state index in [9.17, 15) is 24.5 Å². The highest BCUT2D eigenvalue weighted by molar-refractivity contribution is 5.96. The molecule has 0 aliphatic heterocycles. The van der Waals surface area contributed by atoms with Crippen LogP contribution in [0.25, 0.3) is 0 Å². The predicted molar refractivity (Wildman–Crippen MR) is 109 cm³/mol. The molecule has 2 aromatic carbocycles. The molecule has 2 rings (SSSR count). The number of non-ortho nitro benzene ring substituents is 1. The fraction of sp³-hybridized carbons (Fsp3) is 0.286. The van der Waals surface area contributed by atoms with Crippen LogP contribution >= 0.6 is 0 Å². The molecule has 0 unspecified atom stereocenters. The van der Waals surface area contributed by atoms with E-state index in [1.54, 1.807) is 0 Å². The number of nitrogens with zero attached hydrogens (tertiary/aromatic N) is 1. The van der Waals surface area contributed by atoms with Gasteiger partial charge in [0, 0.05) is 17.7 Å². The number of esters is 1. The molecule has 0 fully saturated rings. The second-order valence-corrected chi connectivity index (χ2v) is 6.54. The minimum absolute atomic E-state index is 0.0395. The lowest BCUT2D eigenvalue weighted by molar-refractivity contribution is -0.384. The highest BCUT2D eigenvalue weighted by atomic mass is 16.6. The van der Waals surface area contributed by atoms with Crippen LogP contribution in [0.2, 0.25) is 0 Å². The summed E-state index contributed by atoms with van der Waals surface area (Å²) in [4.78, 5) is 45.9. The van der Waals surface area contributed by atoms with Gasteiger partial charge >= 0.3 is 5.97 Å².